The fourth-order valence-corrected chi connectivity index (χ4v) is 2.25. The highest BCUT2D eigenvalue weighted by Crippen LogP contribution is 2.17. The van der Waals surface area contributed by atoms with E-state index in [9.17, 15) is 13.6 Å². The zero-order valence-electron chi connectivity index (χ0n) is 13.0. The Morgan fingerprint density at radius 1 is 1.39 bits per heavy atom. The summed E-state index contributed by atoms with van der Waals surface area (Å²) in [6.07, 6.45) is 1.24. The van der Waals surface area contributed by atoms with Crippen molar-refractivity contribution in [1.82, 2.24) is 15.1 Å². The zero-order chi connectivity index (χ0) is 17.0. The summed E-state index contributed by atoms with van der Waals surface area (Å²) in [4.78, 5) is 12.2. The number of nitrogens with one attached hydrogen (secondary N) is 1. The van der Waals surface area contributed by atoms with Gasteiger partial charge in [-0.3, -0.25) is 4.79 Å². The van der Waals surface area contributed by atoms with Crippen molar-refractivity contribution in [2.24, 2.45) is 0 Å². The van der Waals surface area contributed by atoms with Gasteiger partial charge in [-0.25, -0.2) is 13.5 Å². The number of aliphatic hydroxyl groups is 1. The van der Waals surface area contributed by atoms with Crippen LogP contribution >= 0.6 is 0 Å². The summed E-state index contributed by atoms with van der Waals surface area (Å²) in [5.74, 6) is -1.80. The Bertz CT molecular complexity index is 701. The van der Waals surface area contributed by atoms with Gasteiger partial charge in [-0.2, -0.15) is 5.10 Å². The van der Waals surface area contributed by atoms with Crippen molar-refractivity contribution >= 4 is 5.91 Å². The molecule has 7 heteroatoms. The molecular weight excluding hydrogens is 304 g/mol. The molecule has 0 aliphatic heterocycles. The second-order valence-corrected chi connectivity index (χ2v) is 5.42. The van der Waals surface area contributed by atoms with E-state index in [1.165, 1.54) is 16.8 Å². The molecule has 1 unspecified atom stereocenters. The van der Waals surface area contributed by atoms with Crippen molar-refractivity contribution in [3.05, 3.63) is 47.3 Å². The molecule has 1 aromatic carbocycles. The van der Waals surface area contributed by atoms with Crippen LogP contribution in [-0.2, 0) is 0 Å². The molecule has 0 radical (unpaired) electrons. The highest BCUT2D eigenvalue weighted by Gasteiger charge is 2.17. The number of benzene rings is 1. The van der Waals surface area contributed by atoms with E-state index in [4.69, 9.17) is 5.11 Å². The standard InChI is InChI=1S/C16H19F2N3O2/c1-10(4-3-7-22)19-16(23)14-8-11(2)21(20-14)15-6-5-12(17)9-13(15)18/h5-6,8-10,22H,3-4,7H2,1-2H3,(H,19,23). The van der Waals surface area contributed by atoms with Crippen molar-refractivity contribution in [2.45, 2.75) is 32.7 Å². The minimum Gasteiger partial charge on any atom is -0.396 e. The quantitative estimate of drug-likeness (QED) is 0.857. The second-order valence-electron chi connectivity index (χ2n) is 5.42. The molecule has 2 N–H and O–H groups in total. The van der Waals surface area contributed by atoms with E-state index in [1.807, 2.05) is 6.92 Å². The van der Waals surface area contributed by atoms with Gasteiger partial charge in [0.1, 0.15) is 11.5 Å². The third kappa shape index (κ3) is 4.13. The van der Waals surface area contributed by atoms with Crippen LogP contribution in [0.4, 0.5) is 8.78 Å². The topological polar surface area (TPSA) is 67.2 Å². The Hall–Kier alpha value is -2.28. The average molecular weight is 323 g/mol. The number of carbonyl (C=O) groups is 1. The molecule has 1 aromatic heterocycles. The van der Waals surface area contributed by atoms with E-state index in [0.717, 1.165) is 12.1 Å². The van der Waals surface area contributed by atoms with Crippen LogP contribution in [0.15, 0.2) is 24.3 Å². The van der Waals surface area contributed by atoms with Gasteiger partial charge in [0.15, 0.2) is 11.5 Å². The lowest BCUT2D eigenvalue weighted by Crippen LogP contribution is -2.33. The van der Waals surface area contributed by atoms with Crippen molar-refractivity contribution in [3.63, 3.8) is 0 Å². The molecule has 0 saturated heterocycles. The maximum Gasteiger partial charge on any atom is 0.272 e. The lowest BCUT2D eigenvalue weighted by atomic mass is 10.2. The number of amides is 1. The Balaban J connectivity index is 2.19. The van der Waals surface area contributed by atoms with E-state index in [0.29, 0.717) is 18.5 Å². The van der Waals surface area contributed by atoms with Crippen LogP contribution < -0.4 is 5.32 Å². The van der Waals surface area contributed by atoms with Crippen molar-refractivity contribution in [3.8, 4) is 5.69 Å². The van der Waals surface area contributed by atoms with Gasteiger partial charge in [0.05, 0.1) is 0 Å². The van der Waals surface area contributed by atoms with E-state index < -0.39 is 11.6 Å². The van der Waals surface area contributed by atoms with Gasteiger partial charge in [-0.15, -0.1) is 0 Å². The lowest BCUT2D eigenvalue weighted by Gasteiger charge is -2.11. The SMILES string of the molecule is Cc1cc(C(=O)NC(C)CCCO)nn1-c1ccc(F)cc1F. The van der Waals surface area contributed by atoms with Gasteiger partial charge in [-0.05, 0) is 44.9 Å². The van der Waals surface area contributed by atoms with E-state index >= 15 is 0 Å². The summed E-state index contributed by atoms with van der Waals surface area (Å²) in [5, 5.41) is 15.7. The van der Waals surface area contributed by atoms with Crippen LogP contribution in [0.3, 0.4) is 0 Å². The first-order valence-electron chi connectivity index (χ1n) is 7.36. The first-order valence-corrected chi connectivity index (χ1v) is 7.36. The molecule has 2 aromatic rings. The highest BCUT2D eigenvalue weighted by atomic mass is 19.1. The Morgan fingerprint density at radius 2 is 2.13 bits per heavy atom. The van der Waals surface area contributed by atoms with Crippen LogP contribution in [0, 0.1) is 18.6 Å². The number of rotatable bonds is 6. The molecule has 23 heavy (non-hydrogen) atoms. The molecule has 124 valence electrons. The summed E-state index contributed by atoms with van der Waals surface area (Å²) in [6.45, 7) is 3.58. The van der Waals surface area contributed by atoms with Crippen molar-refractivity contribution in [1.29, 1.82) is 0 Å². The summed E-state index contributed by atoms with van der Waals surface area (Å²) < 4.78 is 28.1. The summed E-state index contributed by atoms with van der Waals surface area (Å²) >= 11 is 0. The van der Waals surface area contributed by atoms with E-state index in [-0.39, 0.29) is 29.9 Å². The smallest absolute Gasteiger partial charge is 0.272 e. The van der Waals surface area contributed by atoms with Gasteiger partial charge in [-0.1, -0.05) is 0 Å². The predicted octanol–water partition coefficient (Wildman–Crippen LogP) is 2.35. The molecule has 1 atom stereocenters. The molecule has 5 nitrogen and oxygen atoms in total. The molecule has 0 bridgehead atoms. The second kappa shape index (κ2) is 7.32. The average Bonchev–Trinajstić information content (AvgIpc) is 2.87. The summed E-state index contributed by atoms with van der Waals surface area (Å²) in [6, 6.07) is 4.61. The van der Waals surface area contributed by atoms with Crippen LogP contribution in [0.5, 0.6) is 0 Å². The van der Waals surface area contributed by atoms with Crippen LogP contribution in [0.2, 0.25) is 0 Å². The maximum absolute atomic E-state index is 13.9. The first kappa shape index (κ1) is 17.1. The Kier molecular flexibility index (Phi) is 5.44. The maximum atomic E-state index is 13.9. The highest BCUT2D eigenvalue weighted by molar-refractivity contribution is 5.92. The van der Waals surface area contributed by atoms with Gasteiger partial charge >= 0.3 is 0 Å². The van der Waals surface area contributed by atoms with Crippen LogP contribution in [-0.4, -0.2) is 33.4 Å². The van der Waals surface area contributed by atoms with Crippen LogP contribution in [0.1, 0.15) is 35.9 Å². The lowest BCUT2D eigenvalue weighted by molar-refractivity contribution is 0.0931. The van der Waals surface area contributed by atoms with Gasteiger partial charge in [0.25, 0.3) is 5.91 Å². The molecule has 2 rings (SSSR count). The number of hydrogen-bond donors (Lipinski definition) is 2. The van der Waals surface area contributed by atoms with Gasteiger partial charge in [0, 0.05) is 24.4 Å². The number of hydrogen-bond acceptors (Lipinski definition) is 3. The third-order valence-electron chi connectivity index (χ3n) is 3.43. The normalized spacial score (nSPS) is 12.2. The molecule has 0 spiro atoms. The van der Waals surface area contributed by atoms with E-state index in [1.54, 1.807) is 6.92 Å². The van der Waals surface area contributed by atoms with E-state index in [2.05, 4.69) is 10.4 Å². The summed E-state index contributed by atoms with van der Waals surface area (Å²) in [5.41, 5.74) is 0.794. The minimum absolute atomic E-state index is 0.0673. The minimum atomic E-state index is -0.750. The fraction of sp³-hybridized carbons (Fsp3) is 0.375. The monoisotopic (exact) mass is 323 g/mol. The largest absolute Gasteiger partial charge is 0.396 e. The number of aryl methyl sites for hydroxylation is 1. The number of aromatic nitrogens is 2. The molecule has 0 fully saturated rings. The summed E-state index contributed by atoms with van der Waals surface area (Å²) in [7, 11) is 0. The molecular formula is C16H19F2N3O2. The van der Waals surface area contributed by atoms with Crippen molar-refractivity contribution < 1.29 is 18.7 Å². The Labute approximate surface area is 132 Å². The number of halogens is 2. The molecule has 0 aliphatic carbocycles. The molecule has 0 aliphatic rings. The number of nitrogens with zero attached hydrogens (tertiary/aromatic N) is 2. The predicted molar refractivity (Wildman–Crippen MR) is 81.5 cm³/mol. The first-order chi connectivity index (χ1) is 10.9. The van der Waals surface area contributed by atoms with Crippen molar-refractivity contribution in [2.75, 3.05) is 6.61 Å². The molecule has 1 heterocycles. The molecule has 1 amide bonds. The fourth-order valence-electron chi connectivity index (χ4n) is 2.25. The zero-order valence-corrected chi connectivity index (χ0v) is 13.0. The Morgan fingerprint density at radius 3 is 2.78 bits per heavy atom. The number of aliphatic hydroxyl groups excluding tert-OH is 1. The van der Waals surface area contributed by atoms with Gasteiger partial charge in [0.2, 0.25) is 0 Å². The molecule has 0 saturated carbocycles. The third-order valence-corrected chi connectivity index (χ3v) is 3.43. The van der Waals surface area contributed by atoms with Crippen LogP contribution in [0.25, 0.3) is 5.69 Å². The van der Waals surface area contributed by atoms with Gasteiger partial charge < -0.3 is 10.4 Å². The number of carbonyl (C=O) groups excluding carboxylic acids is 1.